The van der Waals surface area contributed by atoms with Gasteiger partial charge in [-0.2, -0.15) is 5.26 Å². The molecule has 0 bridgehead atoms. The molecule has 2 aromatic rings. The van der Waals surface area contributed by atoms with E-state index in [1.165, 1.54) is 12.1 Å². The third-order valence-corrected chi connectivity index (χ3v) is 4.52. The van der Waals surface area contributed by atoms with Gasteiger partial charge in [0.05, 0.1) is 17.0 Å². The number of hydrogen-bond acceptors (Lipinski definition) is 6. The number of aromatic nitrogens is 2. The number of nitriles is 1. The lowest BCUT2D eigenvalue weighted by atomic mass is 10.2. The molecule has 1 N–H and O–H groups in total. The molecule has 0 unspecified atom stereocenters. The highest BCUT2D eigenvalue weighted by molar-refractivity contribution is 7.89. The molecule has 1 aromatic heterocycles. The van der Waals surface area contributed by atoms with E-state index in [0.717, 1.165) is 5.69 Å². The topological polar surface area (TPSA) is 99.0 Å². The van der Waals surface area contributed by atoms with E-state index < -0.39 is 10.0 Å². The van der Waals surface area contributed by atoms with Gasteiger partial charge in [0.25, 0.3) is 0 Å². The van der Waals surface area contributed by atoms with Crippen LogP contribution < -0.4 is 9.62 Å². The first-order valence-corrected chi connectivity index (χ1v) is 8.32. The minimum Gasteiger partial charge on any atom is -0.363 e. The maximum absolute atomic E-state index is 12.4. The smallest absolute Gasteiger partial charge is 0.242 e. The van der Waals surface area contributed by atoms with Crippen molar-refractivity contribution < 1.29 is 8.42 Å². The summed E-state index contributed by atoms with van der Waals surface area (Å²) in [5.41, 5.74) is 0.842. The van der Waals surface area contributed by atoms with E-state index in [2.05, 4.69) is 14.7 Å². The molecule has 0 atom stereocenters. The second-order valence-electron chi connectivity index (χ2n) is 5.11. The largest absolute Gasteiger partial charge is 0.363 e. The van der Waals surface area contributed by atoms with Crippen molar-refractivity contribution in [3.05, 3.63) is 47.4 Å². The van der Waals surface area contributed by atoms with E-state index in [9.17, 15) is 8.42 Å². The lowest BCUT2D eigenvalue weighted by Crippen LogP contribution is -2.25. The molecular formula is C15H17N5O2S. The summed E-state index contributed by atoms with van der Waals surface area (Å²) >= 11 is 0. The van der Waals surface area contributed by atoms with Crippen LogP contribution in [0.1, 0.15) is 17.1 Å². The maximum atomic E-state index is 12.4. The van der Waals surface area contributed by atoms with Crippen LogP contribution in [-0.2, 0) is 16.6 Å². The van der Waals surface area contributed by atoms with E-state index in [1.54, 1.807) is 12.1 Å². The molecule has 0 radical (unpaired) electrons. The van der Waals surface area contributed by atoms with Crippen molar-refractivity contribution in [3.8, 4) is 6.07 Å². The monoisotopic (exact) mass is 331 g/mol. The second kappa shape index (κ2) is 6.73. The predicted octanol–water partition coefficient (Wildman–Crippen LogP) is 1.20. The Kier molecular flexibility index (Phi) is 4.93. The van der Waals surface area contributed by atoms with Gasteiger partial charge in [-0.1, -0.05) is 12.1 Å². The van der Waals surface area contributed by atoms with Crippen LogP contribution in [0.25, 0.3) is 0 Å². The van der Waals surface area contributed by atoms with Crippen LogP contribution in [0.15, 0.2) is 35.2 Å². The van der Waals surface area contributed by atoms with Crippen LogP contribution in [0, 0.1) is 18.3 Å². The van der Waals surface area contributed by atoms with Crippen molar-refractivity contribution in [1.29, 1.82) is 5.26 Å². The van der Waals surface area contributed by atoms with Gasteiger partial charge in [0.15, 0.2) is 0 Å². The average molecular weight is 331 g/mol. The van der Waals surface area contributed by atoms with Crippen molar-refractivity contribution in [3.63, 3.8) is 0 Å². The lowest BCUT2D eigenvalue weighted by molar-refractivity contribution is 0.578. The predicted molar refractivity (Wildman–Crippen MR) is 86.3 cm³/mol. The van der Waals surface area contributed by atoms with Crippen molar-refractivity contribution in [2.45, 2.75) is 18.4 Å². The van der Waals surface area contributed by atoms with Crippen LogP contribution in [-0.4, -0.2) is 32.5 Å². The fraction of sp³-hybridized carbons (Fsp3) is 0.267. The Morgan fingerprint density at radius 2 is 1.96 bits per heavy atom. The van der Waals surface area contributed by atoms with Gasteiger partial charge in [-0.25, -0.2) is 23.1 Å². The minimum absolute atomic E-state index is 0.0510. The standard InChI is InChI=1S/C15H17N5O2S/c1-11-8-15(20(2)3)19-14(18-11)10-17-23(21,22)13-7-5-4-6-12(13)9-16/h4-8,17H,10H2,1-3H3. The zero-order chi connectivity index (χ0) is 17.0. The highest BCUT2D eigenvalue weighted by atomic mass is 32.2. The molecule has 1 aromatic carbocycles. The van der Waals surface area contributed by atoms with Crippen molar-refractivity contribution in [2.24, 2.45) is 0 Å². The Hall–Kier alpha value is -2.50. The van der Waals surface area contributed by atoms with E-state index in [1.807, 2.05) is 38.1 Å². The highest BCUT2D eigenvalue weighted by Gasteiger charge is 2.18. The van der Waals surface area contributed by atoms with Crippen LogP contribution >= 0.6 is 0 Å². The van der Waals surface area contributed by atoms with Gasteiger partial charge >= 0.3 is 0 Å². The Morgan fingerprint density at radius 1 is 1.26 bits per heavy atom. The van der Waals surface area contributed by atoms with Gasteiger partial charge < -0.3 is 4.90 Å². The van der Waals surface area contributed by atoms with Gasteiger partial charge in [0, 0.05) is 25.9 Å². The Morgan fingerprint density at radius 3 is 2.61 bits per heavy atom. The molecule has 0 fully saturated rings. The molecule has 23 heavy (non-hydrogen) atoms. The number of anilines is 1. The molecule has 1 heterocycles. The first kappa shape index (κ1) is 16.9. The zero-order valence-electron chi connectivity index (χ0n) is 13.1. The van der Waals surface area contributed by atoms with Crippen molar-refractivity contribution in [2.75, 3.05) is 19.0 Å². The zero-order valence-corrected chi connectivity index (χ0v) is 13.9. The Bertz CT molecular complexity index is 856. The van der Waals surface area contributed by atoms with Gasteiger partial charge in [-0.3, -0.25) is 0 Å². The molecule has 120 valence electrons. The third-order valence-electron chi connectivity index (χ3n) is 3.06. The molecule has 2 rings (SSSR count). The molecule has 0 spiro atoms. The number of rotatable bonds is 5. The summed E-state index contributed by atoms with van der Waals surface area (Å²) in [4.78, 5) is 10.3. The van der Waals surface area contributed by atoms with Crippen LogP contribution in [0.5, 0.6) is 0 Å². The van der Waals surface area contributed by atoms with E-state index in [0.29, 0.717) is 11.6 Å². The fourth-order valence-electron chi connectivity index (χ4n) is 1.95. The molecule has 0 aliphatic rings. The van der Waals surface area contributed by atoms with Crippen LogP contribution in [0.2, 0.25) is 0 Å². The number of nitrogens with one attached hydrogen (secondary N) is 1. The number of nitrogens with zero attached hydrogens (tertiary/aromatic N) is 4. The highest BCUT2D eigenvalue weighted by Crippen LogP contribution is 2.15. The molecule has 0 amide bonds. The van der Waals surface area contributed by atoms with E-state index >= 15 is 0 Å². The number of benzene rings is 1. The minimum atomic E-state index is -3.81. The fourth-order valence-corrected chi connectivity index (χ4v) is 3.09. The third kappa shape index (κ3) is 4.03. The summed E-state index contributed by atoms with van der Waals surface area (Å²) in [7, 11) is -0.121. The Labute approximate surface area is 135 Å². The Balaban J connectivity index is 2.25. The normalized spacial score (nSPS) is 11.0. The quantitative estimate of drug-likeness (QED) is 0.884. The summed E-state index contributed by atoms with van der Waals surface area (Å²) < 4.78 is 27.2. The average Bonchev–Trinajstić information content (AvgIpc) is 2.52. The molecule has 0 saturated carbocycles. The van der Waals surface area contributed by atoms with Gasteiger partial charge in [0.2, 0.25) is 10.0 Å². The summed E-state index contributed by atoms with van der Waals surface area (Å²) in [6, 6.07) is 9.72. The first-order valence-electron chi connectivity index (χ1n) is 6.84. The van der Waals surface area contributed by atoms with Crippen molar-refractivity contribution >= 4 is 15.8 Å². The lowest BCUT2D eigenvalue weighted by Gasteiger charge is -2.13. The second-order valence-corrected chi connectivity index (χ2v) is 6.85. The summed E-state index contributed by atoms with van der Waals surface area (Å²) in [5, 5.41) is 9.03. The molecule has 8 heteroatoms. The van der Waals surface area contributed by atoms with Gasteiger partial charge in [-0.05, 0) is 19.1 Å². The van der Waals surface area contributed by atoms with Gasteiger partial charge in [-0.15, -0.1) is 0 Å². The molecular weight excluding hydrogens is 314 g/mol. The SMILES string of the molecule is Cc1cc(N(C)C)nc(CNS(=O)(=O)c2ccccc2C#N)n1. The van der Waals surface area contributed by atoms with Crippen molar-refractivity contribution in [1.82, 2.24) is 14.7 Å². The van der Waals surface area contributed by atoms with E-state index in [-0.39, 0.29) is 17.0 Å². The molecule has 0 saturated heterocycles. The first-order chi connectivity index (χ1) is 10.8. The van der Waals surface area contributed by atoms with Crippen LogP contribution in [0.4, 0.5) is 5.82 Å². The summed E-state index contributed by atoms with van der Waals surface area (Å²) in [6.45, 7) is 1.77. The van der Waals surface area contributed by atoms with Crippen LogP contribution in [0.3, 0.4) is 0 Å². The number of aryl methyl sites for hydroxylation is 1. The maximum Gasteiger partial charge on any atom is 0.242 e. The summed E-state index contributed by atoms with van der Waals surface area (Å²) in [5.74, 6) is 1.07. The molecule has 7 nitrogen and oxygen atoms in total. The number of hydrogen-bond donors (Lipinski definition) is 1. The van der Waals surface area contributed by atoms with Gasteiger partial charge in [0.1, 0.15) is 17.7 Å². The number of sulfonamides is 1. The van der Waals surface area contributed by atoms with E-state index in [4.69, 9.17) is 5.26 Å². The molecule has 0 aliphatic carbocycles. The molecule has 0 aliphatic heterocycles. The summed E-state index contributed by atoms with van der Waals surface area (Å²) in [6.07, 6.45) is 0.